The summed E-state index contributed by atoms with van der Waals surface area (Å²) in [6.45, 7) is 6.23. The summed E-state index contributed by atoms with van der Waals surface area (Å²) < 4.78 is 0. The van der Waals surface area contributed by atoms with Crippen molar-refractivity contribution in [2.75, 3.05) is 18.4 Å². The van der Waals surface area contributed by atoms with Crippen molar-refractivity contribution in [2.24, 2.45) is 11.3 Å². The lowest BCUT2D eigenvalue weighted by Gasteiger charge is -2.23. The van der Waals surface area contributed by atoms with Crippen molar-refractivity contribution in [3.63, 3.8) is 0 Å². The number of benzene rings is 1. The van der Waals surface area contributed by atoms with Gasteiger partial charge in [-0.1, -0.05) is 12.1 Å². The molecule has 1 aliphatic carbocycles. The van der Waals surface area contributed by atoms with Gasteiger partial charge < -0.3 is 10.6 Å². The summed E-state index contributed by atoms with van der Waals surface area (Å²) in [6, 6.07) is 6.21. The molecule has 2 aliphatic rings. The van der Waals surface area contributed by atoms with Crippen LogP contribution >= 0.6 is 0 Å². The molecule has 0 radical (unpaired) electrons. The Morgan fingerprint density at radius 1 is 1.32 bits per heavy atom. The van der Waals surface area contributed by atoms with Crippen LogP contribution in [0.2, 0.25) is 0 Å². The fraction of sp³-hybridized carbons (Fsp3) is 0.562. The predicted molar refractivity (Wildman–Crippen MR) is 77.2 cm³/mol. The standard InChI is InChI=1S/C16H22N2O/c1-11-3-4-12(2)14(9-11)18-15(19)13-10-16(13)5-7-17-8-6-16/h3-4,9,13,17H,5-8,10H2,1-2H3,(H,18,19). The summed E-state index contributed by atoms with van der Waals surface area (Å²) in [5.74, 6) is 0.449. The van der Waals surface area contributed by atoms with Gasteiger partial charge in [0.25, 0.3) is 0 Å². The van der Waals surface area contributed by atoms with Gasteiger partial charge in [-0.25, -0.2) is 0 Å². The van der Waals surface area contributed by atoms with Crippen molar-refractivity contribution in [1.82, 2.24) is 5.32 Å². The summed E-state index contributed by atoms with van der Waals surface area (Å²) >= 11 is 0. The third kappa shape index (κ3) is 2.39. The van der Waals surface area contributed by atoms with E-state index in [1.807, 2.05) is 6.92 Å². The second-order valence-corrected chi connectivity index (χ2v) is 6.18. The Labute approximate surface area is 114 Å². The number of hydrogen-bond donors (Lipinski definition) is 2. The van der Waals surface area contributed by atoms with Gasteiger partial charge in [0, 0.05) is 11.6 Å². The molecule has 0 aromatic heterocycles. The van der Waals surface area contributed by atoms with Crippen LogP contribution in [0.25, 0.3) is 0 Å². The topological polar surface area (TPSA) is 41.1 Å². The Balaban J connectivity index is 1.68. The van der Waals surface area contributed by atoms with Crippen LogP contribution in [0.15, 0.2) is 18.2 Å². The van der Waals surface area contributed by atoms with Gasteiger partial charge in [-0.3, -0.25) is 4.79 Å². The first-order valence-corrected chi connectivity index (χ1v) is 7.20. The van der Waals surface area contributed by atoms with Crippen molar-refractivity contribution in [3.05, 3.63) is 29.3 Å². The fourth-order valence-corrected chi connectivity index (χ4v) is 3.29. The number of carbonyl (C=O) groups excluding carboxylic acids is 1. The molecule has 2 fully saturated rings. The molecule has 3 nitrogen and oxygen atoms in total. The first kappa shape index (κ1) is 12.7. The Bertz CT molecular complexity index is 503. The fourth-order valence-electron chi connectivity index (χ4n) is 3.29. The third-order valence-electron chi connectivity index (χ3n) is 4.76. The van der Waals surface area contributed by atoms with E-state index in [9.17, 15) is 4.79 Å². The zero-order chi connectivity index (χ0) is 13.5. The summed E-state index contributed by atoms with van der Waals surface area (Å²) in [7, 11) is 0. The van der Waals surface area contributed by atoms with Crippen LogP contribution in [-0.2, 0) is 4.79 Å². The maximum atomic E-state index is 12.4. The molecule has 1 heterocycles. The first-order chi connectivity index (χ1) is 9.11. The lowest BCUT2D eigenvalue weighted by molar-refractivity contribution is -0.118. The minimum Gasteiger partial charge on any atom is -0.326 e. The van der Waals surface area contributed by atoms with Gasteiger partial charge in [0.2, 0.25) is 5.91 Å². The monoisotopic (exact) mass is 258 g/mol. The molecule has 1 saturated heterocycles. The number of amides is 1. The maximum absolute atomic E-state index is 12.4. The zero-order valence-corrected chi connectivity index (χ0v) is 11.8. The van der Waals surface area contributed by atoms with E-state index in [-0.39, 0.29) is 11.8 Å². The van der Waals surface area contributed by atoms with Gasteiger partial charge in [0.1, 0.15) is 0 Å². The normalized spacial score (nSPS) is 24.2. The van der Waals surface area contributed by atoms with Crippen molar-refractivity contribution >= 4 is 11.6 Å². The van der Waals surface area contributed by atoms with E-state index in [4.69, 9.17) is 0 Å². The first-order valence-electron chi connectivity index (χ1n) is 7.20. The summed E-state index contributed by atoms with van der Waals surface area (Å²) in [4.78, 5) is 12.4. The molecule has 1 aromatic carbocycles. The van der Waals surface area contributed by atoms with E-state index < -0.39 is 0 Å². The lowest BCUT2D eigenvalue weighted by Crippen LogP contribution is -2.31. The smallest absolute Gasteiger partial charge is 0.228 e. The molecule has 3 rings (SSSR count). The van der Waals surface area contributed by atoms with E-state index in [2.05, 4.69) is 35.8 Å². The molecule has 1 amide bonds. The van der Waals surface area contributed by atoms with Crippen LogP contribution in [0.1, 0.15) is 30.4 Å². The molecule has 1 spiro atoms. The Kier molecular flexibility index (Phi) is 3.09. The number of aryl methyl sites for hydroxylation is 2. The van der Waals surface area contributed by atoms with Gasteiger partial charge in [0.15, 0.2) is 0 Å². The van der Waals surface area contributed by atoms with E-state index in [1.165, 1.54) is 5.56 Å². The molecule has 0 bridgehead atoms. The summed E-state index contributed by atoms with van der Waals surface area (Å²) in [5, 5.41) is 6.50. The average Bonchev–Trinajstić information content (AvgIpc) is 3.08. The average molecular weight is 258 g/mol. The van der Waals surface area contributed by atoms with Crippen LogP contribution in [0, 0.1) is 25.2 Å². The zero-order valence-electron chi connectivity index (χ0n) is 11.8. The highest BCUT2D eigenvalue weighted by Crippen LogP contribution is 2.58. The molecule has 2 N–H and O–H groups in total. The predicted octanol–water partition coefficient (Wildman–Crippen LogP) is 2.63. The van der Waals surface area contributed by atoms with Crippen molar-refractivity contribution in [1.29, 1.82) is 0 Å². The molecular weight excluding hydrogens is 236 g/mol. The molecule has 1 aromatic rings. The molecule has 3 heteroatoms. The molecule has 1 unspecified atom stereocenters. The highest BCUT2D eigenvalue weighted by Gasteiger charge is 2.57. The van der Waals surface area contributed by atoms with Gasteiger partial charge in [-0.15, -0.1) is 0 Å². The van der Waals surface area contributed by atoms with Crippen LogP contribution < -0.4 is 10.6 Å². The number of hydrogen-bond acceptors (Lipinski definition) is 2. The van der Waals surface area contributed by atoms with Crippen molar-refractivity contribution in [2.45, 2.75) is 33.1 Å². The van der Waals surface area contributed by atoms with Gasteiger partial charge >= 0.3 is 0 Å². The minimum absolute atomic E-state index is 0.218. The van der Waals surface area contributed by atoms with Crippen LogP contribution in [0.3, 0.4) is 0 Å². The summed E-state index contributed by atoms with van der Waals surface area (Å²) in [5.41, 5.74) is 3.61. The number of carbonyl (C=O) groups is 1. The summed E-state index contributed by atoms with van der Waals surface area (Å²) in [6.07, 6.45) is 3.38. The molecule has 1 atom stereocenters. The Morgan fingerprint density at radius 3 is 2.79 bits per heavy atom. The van der Waals surface area contributed by atoms with Gasteiger partial charge in [-0.05, 0) is 68.8 Å². The largest absolute Gasteiger partial charge is 0.326 e. The van der Waals surface area contributed by atoms with E-state index in [0.717, 1.165) is 43.6 Å². The quantitative estimate of drug-likeness (QED) is 0.856. The highest BCUT2D eigenvalue weighted by molar-refractivity contribution is 5.95. The molecule has 1 aliphatic heterocycles. The molecular formula is C16H22N2O. The van der Waals surface area contributed by atoms with Gasteiger partial charge in [-0.2, -0.15) is 0 Å². The van der Waals surface area contributed by atoms with E-state index in [1.54, 1.807) is 0 Å². The molecule has 19 heavy (non-hydrogen) atoms. The third-order valence-corrected chi connectivity index (χ3v) is 4.76. The molecule has 1 saturated carbocycles. The Hall–Kier alpha value is -1.35. The minimum atomic E-state index is 0.218. The van der Waals surface area contributed by atoms with Gasteiger partial charge in [0.05, 0.1) is 0 Å². The number of piperidine rings is 1. The highest BCUT2D eigenvalue weighted by atomic mass is 16.2. The second-order valence-electron chi connectivity index (χ2n) is 6.18. The SMILES string of the molecule is Cc1ccc(C)c(NC(=O)C2CC23CCNCC3)c1. The van der Waals surface area contributed by atoms with Crippen molar-refractivity contribution < 1.29 is 4.79 Å². The van der Waals surface area contributed by atoms with Crippen LogP contribution in [0.4, 0.5) is 5.69 Å². The maximum Gasteiger partial charge on any atom is 0.228 e. The van der Waals surface area contributed by atoms with Crippen LogP contribution in [-0.4, -0.2) is 19.0 Å². The number of rotatable bonds is 2. The molecule has 102 valence electrons. The lowest BCUT2D eigenvalue weighted by atomic mass is 9.91. The number of anilines is 1. The Morgan fingerprint density at radius 2 is 2.05 bits per heavy atom. The van der Waals surface area contributed by atoms with E-state index >= 15 is 0 Å². The van der Waals surface area contributed by atoms with Crippen molar-refractivity contribution in [3.8, 4) is 0 Å². The number of nitrogens with one attached hydrogen (secondary N) is 2. The van der Waals surface area contributed by atoms with E-state index in [0.29, 0.717) is 5.41 Å². The van der Waals surface area contributed by atoms with Crippen LogP contribution in [0.5, 0.6) is 0 Å². The second kappa shape index (κ2) is 4.64.